The van der Waals surface area contributed by atoms with Gasteiger partial charge in [-0.05, 0) is 18.4 Å². The number of carbonyl (C=O) groups is 1. The van der Waals surface area contributed by atoms with Gasteiger partial charge in [0.05, 0.1) is 6.10 Å². The lowest BCUT2D eigenvalue weighted by Crippen LogP contribution is -2.18. The zero-order valence-electron chi connectivity index (χ0n) is 8.98. The highest BCUT2D eigenvalue weighted by atomic mass is 16.5. The van der Waals surface area contributed by atoms with Crippen molar-refractivity contribution in [1.82, 2.24) is 0 Å². The molecule has 1 aliphatic rings. The lowest BCUT2D eigenvalue weighted by atomic mass is 9.93. The molecule has 0 unspecified atom stereocenters. The van der Waals surface area contributed by atoms with Crippen molar-refractivity contribution in [2.45, 2.75) is 25.4 Å². The van der Waals surface area contributed by atoms with Gasteiger partial charge in [-0.3, -0.25) is 4.79 Å². The number of methoxy groups -OCH3 is 1. The van der Waals surface area contributed by atoms with Crippen LogP contribution in [0.25, 0.3) is 0 Å². The predicted octanol–water partition coefficient (Wildman–Crippen LogP) is 2.74. The minimum absolute atomic E-state index is 0.0544. The van der Waals surface area contributed by atoms with E-state index in [1.165, 1.54) is 0 Å². The molecule has 1 saturated carbocycles. The number of carbonyl (C=O) groups excluding carboxylic acids is 1. The molecule has 1 aliphatic carbocycles. The number of hydrogen-bond acceptors (Lipinski definition) is 2. The molecule has 0 heterocycles. The van der Waals surface area contributed by atoms with Gasteiger partial charge < -0.3 is 4.74 Å². The highest BCUT2D eigenvalue weighted by molar-refractivity contribution is 5.83. The Bertz CT molecular complexity index is 332. The first-order chi connectivity index (χ1) is 7.33. The van der Waals surface area contributed by atoms with Crippen LogP contribution in [0.5, 0.6) is 0 Å². The second kappa shape index (κ2) is 4.58. The minimum Gasteiger partial charge on any atom is -0.376 e. The molecule has 0 aromatic heterocycles. The summed E-state index contributed by atoms with van der Waals surface area (Å²) in [5.74, 6) is 0.420. The molecule has 0 spiro atoms. The third kappa shape index (κ3) is 2.10. The Kier molecular flexibility index (Phi) is 3.17. The van der Waals surface area contributed by atoms with E-state index in [1.54, 1.807) is 7.11 Å². The van der Waals surface area contributed by atoms with Gasteiger partial charge in [-0.2, -0.15) is 0 Å². The van der Waals surface area contributed by atoms with Crippen molar-refractivity contribution in [3.05, 3.63) is 35.9 Å². The number of rotatable bonds is 3. The van der Waals surface area contributed by atoms with Gasteiger partial charge in [-0.1, -0.05) is 30.3 Å². The quantitative estimate of drug-likeness (QED) is 0.756. The molecule has 80 valence electrons. The molecule has 2 nitrogen and oxygen atoms in total. The first kappa shape index (κ1) is 10.4. The van der Waals surface area contributed by atoms with Crippen molar-refractivity contribution >= 4 is 5.78 Å². The van der Waals surface area contributed by atoms with Crippen LogP contribution in [-0.4, -0.2) is 12.9 Å². The number of ether oxygens (including phenoxy) is 1. The molecule has 1 fully saturated rings. The summed E-state index contributed by atoms with van der Waals surface area (Å²) < 4.78 is 5.47. The fraction of sp³-hybridized carbons (Fsp3) is 0.462. The summed E-state index contributed by atoms with van der Waals surface area (Å²) >= 11 is 0. The summed E-state index contributed by atoms with van der Waals surface area (Å²) in [6.45, 7) is 0. The molecule has 15 heavy (non-hydrogen) atoms. The normalized spacial score (nSPS) is 23.0. The summed E-state index contributed by atoms with van der Waals surface area (Å²) in [5, 5.41) is 0. The number of ketones is 1. The van der Waals surface area contributed by atoms with Crippen molar-refractivity contribution < 1.29 is 9.53 Å². The average molecular weight is 204 g/mol. The first-order valence-corrected chi connectivity index (χ1v) is 5.43. The van der Waals surface area contributed by atoms with Gasteiger partial charge in [0.1, 0.15) is 5.78 Å². The molecule has 0 saturated heterocycles. The number of benzene rings is 1. The highest BCUT2D eigenvalue weighted by Gasteiger charge is 2.32. The van der Waals surface area contributed by atoms with E-state index in [9.17, 15) is 4.79 Å². The Morgan fingerprint density at radius 3 is 2.60 bits per heavy atom. The van der Waals surface area contributed by atoms with Crippen LogP contribution in [0.3, 0.4) is 0 Å². The van der Waals surface area contributed by atoms with Gasteiger partial charge in [0.25, 0.3) is 0 Å². The van der Waals surface area contributed by atoms with Gasteiger partial charge in [-0.25, -0.2) is 0 Å². The van der Waals surface area contributed by atoms with Crippen LogP contribution in [0.15, 0.2) is 30.3 Å². The summed E-state index contributed by atoms with van der Waals surface area (Å²) in [6.07, 6.45) is 2.64. The molecule has 0 N–H and O–H groups in total. The van der Waals surface area contributed by atoms with Crippen LogP contribution in [0.4, 0.5) is 0 Å². The maximum absolute atomic E-state index is 11.7. The monoisotopic (exact) mass is 204 g/mol. The van der Waals surface area contributed by atoms with E-state index >= 15 is 0 Å². The Morgan fingerprint density at radius 1 is 1.33 bits per heavy atom. The standard InChI is InChI=1S/C13H16O2/c1-15-13(10-6-3-2-4-7-10)11-8-5-9-12(11)14/h2-4,6-7,11,13H,5,8-9H2,1H3/t11-,13+/m0/s1. The third-order valence-electron chi connectivity index (χ3n) is 3.10. The van der Waals surface area contributed by atoms with Crippen LogP contribution in [0.2, 0.25) is 0 Å². The first-order valence-electron chi connectivity index (χ1n) is 5.43. The Hall–Kier alpha value is -1.15. The van der Waals surface area contributed by atoms with E-state index in [1.807, 2.05) is 30.3 Å². The number of hydrogen-bond donors (Lipinski definition) is 0. The molecule has 0 bridgehead atoms. The molecule has 0 radical (unpaired) electrons. The summed E-state index contributed by atoms with van der Waals surface area (Å²) in [5.41, 5.74) is 1.11. The van der Waals surface area contributed by atoms with Crippen molar-refractivity contribution in [3.63, 3.8) is 0 Å². The molecule has 1 aromatic carbocycles. The average Bonchev–Trinajstić information content (AvgIpc) is 2.68. The number of Topliss-reactive ketones (excluding diaryl/α,β-unsaturated/α-hetero) is 1. The molecule has 1 aromatic rings. The molecular formula is C13H16O2. The molecule has 2 heteroatoms. The van der Waals surface area contributed by atoms with Crippen molar-refractivity contribution in [2.24, 2.45) is 5.92 Å². The van der Waals surface area contributed by atoms with E-state index in [-0.39, 0.29) is 12.0 Å². The molecular weight excluding hydrogens is 188 g/mol. The Balaban J connectivity index is 2.20. The topological polar surface area (TPSA) is 26.3 Å². The zero-order chi connectivity index (χ0) is 10.7. The van der Waals surface area contributed by atoms with E-state index in [0.717, 1.165) is 24.8 Å². The van der Waals surface area contributed by atoms with Crippen molar-refractivity contribution in [3.8, 4) is 0 Å². The van der Waals surface area contributed by atoms with Crippen LogP contribution >= 0.6 is 0 Å². The molecule has 0 aliphatic heterocycles. The van der Waals surface area contributed by atoms with Crippen LogP contribution in [0.1, 0.15) is 30.9 Å². The van der Waals surface area contributed by atoms with Gasteiger partial charge in [-0.15, -0.1) is 0 Å². The Labute approximate surface area is 90.3 Å². The van der Waals surface area contributed by atoms with Gasteiger partial charge in [0.2, 0.25) is 0 Å². The van der Waals surface area contributed by atoms with Gasteiger partial charge in [0.15, 0.2) is 0 Å². The molecule has 0 amide bonds. The van der Waals surface area contributed by atoms with Crippen LogP contribution in [-0.2, 0) is 9.53 Å². The predicted molar refractivity (Wildman–Crippen MR) is 58.5 cm³/mol. The van der Waals surface area contributed by atoms with Gasteiger partial charge in [0, 0.05) is 19.4 Å². The lowest BCUT2D eigenvalue weighted by Gasteiger charge is -2.21. The van der Waals surface area contributed by atoms with E-state index < -0.39 is 0 Å². The maximum Gasteiger partial charge on any atom is 0.138 e. The van der Waals surface area contributed by atoms with E-state index in [0.29, 0.717) is 5.78 Å². The fourth-order valence-electron chi connectivity index (χ4n) is 2.34. The smallest absolute Gasteiger partial charge is 0.138 e. The fourth-order valence-corrected chi connectivity index (χ4v) is 2.34. The molecule has 2 atom stereocenters. The van der Waals surface area contributed by atoms with E-state index in [4.69, 9.17) is 4.74 Å². The van der Waals surface area contributed by atoms with Crippen LogP contribution < -0.4 is 0 Å². The molecule has 2 rings (SSSR count). The maximum atomic E-state index is 11.7. The largest absolute Gasteiger partial charge is 0.376 e. The minimum atomic E-state index is -0.0544. The Morgan fingerprint density at radius 2 is 2.07 bits per heavy atom. The summed E-state index contributed by atoms with van der Waals surface area (Å²) in [4.78, 5) is 11.7. The summed E-state index contributed by atoms with van der Waals surface area (Å²) in [7, 11) is 1.68. The second-order valence-corrected chi connectivity index (χ2v) is 4.03. The van der Waals surface area contributed by atoms with Gasteiger partial charge >= 0.3 is 0 Å². The summed E-state index contributed by atoms with van der Waals surface area (Å²) in [6, 6.07) is 10.0. The highest BCUT2D eigenvalue weighted by Crippen LogP contribution is 2.35. The van der Waals surface area contributed by atoms with E-state index in [2.05, 4.69) is 0 Å². The van der Waals surface area contributed by atoms with Crippen molar-refractivity contribution in [2.75, 3.05) is 7.11 Å². The SMILES string of the molecule is CO[C@H](c1ccccc1)[C@H]1CCCC1=O. The third-order valence-corrected chi connectivity index (χ3v) is 3.10. The second-order valence-electron chi connectivity index (χ2n) is 4.03. The van der Waals surface area contributed by atoms with Crippen LogP contribution in [0, 0.1) is 5.92 Å². The zero-order valence-corrected chi connectivity index (χ0v) is 8.98. The lowest BCUT2D eigenvalue weighted by molar-refractivity contribution is -0.124. The van der Waals surface area contributed by atoms with Crippen molar-refractivity contribution in [1.29, 1.82) is 0 Å².